The molecule has 4 heteroatoms. The van der Waals surface area contributed by atoms with Gasteiger partial charge in [-0.3, -0.25) is 4.79 Å². The molecule has 1 aliphatic rings. The lowest BCUT2D eigenvalue weighted by Crippen LogP contribution is -2.45. The average molecular weight is 302 g/mol. The maximum atomic E-state index is 12.5. The van der Waals surface area contributed by atoms with Crippen molar-refractivity contribution in [2.75, 3.05) is 19.7 Å². The predicted molar refractivity (Wildman–Crippen MR) is 89.9 cm³/mol. The van der Waals surface area contributed by atoms with Crippen LogP contribution in [0.1, 0.15) is 32.8 Å². The third-order valence-corrected chi connectivity index (χ3v) is 3.85. The molecule has 0 radical (unpaired) electrons. The van der Waals surface area contributed by atoms with Crippen LogP contribution in [0.25, 0.3) is 6.08 Å². The predicted octanol–water partition coefficient (Wildman–Crippen LogP) is 2.70. The molecule has 1 unspecified atom stereocenters. The van der Waals surface area contributed by atoms with Crippen molar-refractivity contribution in [3.63, 3.8) is 0 Å². The first-order chi connectivity index (χ1) is 10.6. The van der Waals surface area contributed by atoms with E-state index in [1.165, 1.54) is 0 Å². The van der Waals surface area contributed by atoms with Gasteiger partial charge in [0.2, 0.25) is 5.91 Å². The molecule has 22 heavy (non-hydrogen) atoms. The van der Waals surface area contributed by atoms with Gasteiger partial charge < -0.3 is 15.0 Å². The van der Waals surface area contributed by atoms with Crippen molar-refractivity contribution in [3.8, 4) is 5.75 Å². The number of hydrogen-bond donors (Lipinski definition) is 1. The lowest BCUT2D eigenvalue weighted by molar-refractivity contribution is -0.129. The van der Waals surface area contributed by atoms with E-state index in [0.717, 1.165) is 30.8 Å². The normalized spacial score (nSPS) is 18.1. The van der Waals surface area contributed by atoms with Gasteiger partial charge in [-0.1, -0.05) is 12.1 Å². The minimum Gasteiger partial charge on any atom is -0.494 e. The Hall–Kier alpha value is -1.81. The molecular weight excluding hydrogens is 276 g/mol. The second-order valence-electron chi connectivity index (χ2n) is 5.82. The summed E-state index contributed by atoms with van der Waals surface area (Å²) >= 11 is 0. The summed E-state index contributed by atoms with van der Waals surface area (Å²) in [6.45, 7) is 8.64. The highest BCUT2D eigenvalue weighted by Gasteiger charge is 2.27. The molecule has 1 N–H and O–H groups in total. The largest absolute Gasteiger partial charge is 0.494 e. The molecule has 1 aromatic rings. The Kier molecular flexibility index (Phi) is 6.01. The Bertz CT molecular complexity index is 502. The van der Waals surface area contributed by atoms with E-state index in [1.54, 1.807) is 6.08 Å². The van der Waals surface area contributed by atoms with E-state index in [4.69, 9.17) is 4.74 Å². The minimum atomic E-state index is 0.0811. The zero-order chi connectivity index (χ0) is 15.9. The first-order valence-electron chi connectivity index (χ1n) is 8.05. The highest BCUT2D eigenvalue weighted by Crippen LogP contribution is 2.16. The number of hydrogen-bond acceptors (Lipinski definition) is 3. The van der Waals surface area contributed by atoms with Gasteiger partial charge in [0.1, 0.15) is 5.75 Å². The summed E-state index contributed by atoms with van der Waals surface area (Å²) in [4.78, 5) is 14.5. The molecule has 4 nitrogen and oxygen atoms in total. The van der Waals surface area contributed by atoms with Crippen molar-refractivity contribution in [2.45, 2.75) is 39.3 Å². The maximum Gasteiger partial charge on any atom is 0.247 e. The first-order valence-corrected chi connectivity index (χ1v) is 8.05. The molecule has 1 aliphatic heterocycles. The monoisotopic (exact) mass is 302 g/mol. The van der Waals surface area contributed by atoms with Crippen LogP contribution in [0.3, 0.4) is 0 Å². The molecule has 2 rings (SSSR count). The average Bonchev–Trinajstić information content (AvgIpc) is 3.00. The number of benzene rings is 1. The summed E-state index contributed by atoms with van der Waals surface area (Å²) < 4.78 is 5.42. The van der Waals surface area contributed by atoms with Crippen LogP contribution >= 0.6 is 0 Å². The quantitative estimate of drug-likeness (QED) is 0.822. The number of ether oxygens (including phenoxy) is 1. The number of nitrogens with zero attached hydrogens (tertiary/aromatic N) is 1. The van der Waals surface area contributed by atoms with Gasteiger partial charge in [0.25, 0.3) is 0 Å². The van der Waals surface area contributed by atoms with E-state index in [1.807, 2.05) is 42.2 Å². The van der Waals surface area contributed by atoms with Gasteiger partial charge in [0, 0.05) is 24.7 Å². The third-order valence-electron chi connectivity index (χ3n) is 3.85. The molecule has 0 spiro atoms. The zero-order valence-corrected chi connectivity index (χ0v) is 13.7. The van der Waals surface area contributed by atoms with Crippen LogP contribution < -0.4 is 10.1 Å². The Morgan fingerprint density at radius 3 is 2.68 bits per heavy atom. The Morgan fingerprint density at radius 1 is 1.41 bits per heavy atom. The fraction of sp³-hybridized carbons (Fsp3) is 0.500. The summed E-state index contributed by atoms with van der Waals surface area (Å²) in [6, 6.07) is 8.29. The topological polar surface area (TPSA) is 41.6 Å². The van der Waals surface area contributed by atoms with Crippen LogP contribution in [-0.4, -0.2) is 42.6 Å². The van der Waals surface area contributed by atoms with Crippen LogP contribution in [-0.2, 0) is 4.79 Å². The second-order valence-corrected chi connectivity index (χ2v) is 5.82. The van der Waals surface area contributed by atoms with E-state index in [2.05, 4.69) is 19.2 Å². The van der Waals surface area contributed by atoms with Gasteiger partial charge >= 0.3 is 0 Å². The Balaban J connectivity index is 2.01. The molecular formula is C18H26N2O2. The molecule has 1 fully saturated rings. The van der Waals surface area contributed by atoms with Gasteiger partial charge in [-0.25, -0.2) is 0 Å². The summed E-state index contributed by atoms with van der Waals surface area (Å²) in [6.07, 6.45) is 4.57. The number of amides is 1. The van der Waals surface area contributed by atoms with Crippen LogP contribution in [0.4, 0.5) is 0 Å². The lowest BCUT2D eigenvalue weighted by atomic mass is 10.1. The van der Waals surface area contributed by atoms with Crippen LogP contribution in [0.15, 0.2) is 30.3 Å². The van der Waals surface area contributed by atoms with E-state index < -0.39 is 0 Å². The standard InChI is InChI=1S/C18H26N2O2/c1-4-22-17-8-5-15(6-9-17)7-10-18(21)20(14(2)3)16-11-12-19-13-16/h5-10,14,16,19H,4,11-13H2,1-3H3/b10-7+. The van der Waals surface area contributed by atoms with Gasteiger partial charge in [0.15, 0.2) is 0 Å². The summed E-state index contributed by atoms with van der Waals surface area (Å²) in [5.74, 6) is 0.935. The molecule has 0 aromatic heterocycles. The first kappa shape index (κ1) is 16.6. The van der Waals surface area contributed by atoms with Gasteiger partial charge in [-0.2, -0.15) is 0 Å². The third kappa shape index (κ3) is 4.34. The van der Waals surface area contributed by atoms with Crippen molar-refractivity contribution >= 4 is 12.0 Å². The number of rotatable bonds is 6. The molecule has 120 valence electrons. The molecule has 1 saturated heterocycles. The van der Waals surface area contributed by atoms with Crippen molar-refractivity contribution in [1.29, 1.82) is 0 Å². The maximum absolute atomic E-state index is 12.5. The smallest absolute Gasteiger partial charge is 0.247 e. The van der Waals surface area contributed by atoms with E-state index >= 15 is 0 Å². The number of nitrogens with one attached hydrogen (secondary N) is 1. The van der Waals surface area contributed by atoms with E-state index in [9.17, 15) is 4.79 Å². The fourth-order valence-electron chi connectivity index (χ4n) is 2.83. The van der Waals surface area contributed by atoms with Gasteiger partial charge in [0.05, 0.1) is 6.61 Å². The van der Waals surface area contributed by atoms with Crippen LogP contribution in [0.2, 0.25) is 0 Å². The van der Waals surface area contributed by atoms with Gasteiger partial charge in [-0.15, -0.1) is 0 Å². The van der Waals surface area contributed by atoms with Crippen molar-refractivity contribution in [2.24, 2.45) is 0 Å². The highest BCUT2D eigenvalue weighted by molar-refractivity contribution is 5.92. The zero-order valence-electron chi connectivity index (χ0n) is 13.7. The van der Waals surface area contributed by atoms with E-state index in [-0.39, 0.29) is 11.9 Å². The molecule has 0 bridgehead atoms. The second kappa shape index (κ2) is 7.99. The highest BCUT2D eigenvalue weighted by atomic mass is 16.5. The Labute approximate surface area is 133 Å². The van der Waals surface area contributed by atoms with Gasteiger partial charge in [-0.05, 0) is 57.5 Å². The molecule has 1 atom stereocenters. The molecule has 1 aromatic carbocycles. The van der Waals surface area contributed by atoms with Crippen molar-refractivity contribution in [1.82, 2.24) is 10.2 Å². The minimum absolute atomic E-state index is 0.0811. The van der Waals surface area contributed by atoms with Crippen LogP contribution in [0, 0.1) is 0 Å². The van der Waals surface area contributed by atoms with Crippen molar-refractivity contribution in [3.05, 3.63) is 35.9 Å². The van der Waals surface area contributed by atoms with E-state index in [0.29, 0.717) is 12.6 Å². The molecule has 0 saturated carbocycles. The summed E-state index contributed by atoms with van der Waals surface area (Å²) in [7, 11) is 0. The number of carbonyl (C=O) groups excluding carboxylic acids is 1. The fourth-order valence-corrected chi connectivity index (χ4v) is 2.83. The number of carbonyl (C=O) groups is 1. The SMILES string of the molecule is CCOc1ccc(/C=C/C(=O)N(C(C)C)C2CCNC2)cc1. The molecule has 0 aliphatic carbocycles. The van der Waals surface area contributed by atoms with Crippen molar-refractivity contribution < 1.29 is 9.53 Å². The summed E-state index contributed by atoms with van der Waals surface area (Å²) in [5, 5.41) is 3.32. The van der Waals surface area contributed by atoms with Crippen LogP contribution in [0.5, 0.6) is 5.75 Å². The Morgan fingerprint density at radius 2 is 2.14 bits per heavy atom. The lowest BCUT2D eigenvalue weighted by Gasteiger charge is -2.31. The summed E-state index contributed by atoms with van der Waals surface area (Å²) in [5.41, 5.74) is 1.00. The molecule has 1 amide bonds. The molecule has 1 heterocycles.